The number of hydrogen-bond donors (Lipinski definition) is 1. The van der Waals surface area contributed by atoms with E-state index < -0.39 is 11.7 Å². The maximum Gasteiger partial charge on any atom is 0.410 e. The van der Waals surface area contributed by atoms with Crippen molar-refractivity contribution in [2.75, 3.05) is 7.05 Å². The van der Waals surface area contributed by atoms with Crippen LogP contribution in [0.15, 0.2) is 0 Å². The maximum atomic E-state index is 11.8. The van der Waals surface area contributed by atoms with Gasteiger partial charge < -0.3 is 14.7 Å². The van der Waals surface area contributed by atoms with Gasteiger partial charge in [-0.25, -0.2) is 4.79 Å². The number of nitrogens with zero attached hydrogens (tertiary/aromatic N) is 1. The predicted octanol–water partition coefficient (Wildman–Crippen LogP) is 2.16. The maximum absolute atomic E-state index is 11.8. The van der Waals surface area contributed by atoms with Gasteiger partial charge in [-0.3, -0.25) is 0 Å². The molecule has 0 aromatic carbocycles. The molecule has 94 valence electrons. The summed E-state index contributed by atoms with van der Waals surface area (Å²) in [4.78, 5) is 13.3. The van der Waals surface area contributed by atoms with Crippen molar-refractivity contribution < 1.29 is 14.6 Å². The lowest BCUT2D eigenvalue weighted by Gasteiger charge is -2.36. The van der Waals surface area contributed by atoms with E-state index in [2.05, 4.69) is 0 Å². The fourth-order valence-corrected chi connectivity index (χ4v) is 2.01. The number of aliphatic hydroxyl groups excluding tert-OH is 1. The van der Waals surface area contributed by atoms with E-state index in [1.807, 2.05) is 20.8 Å². The Morgan fingerprint density at radius 3 is 2.38 bits per heavy atom. The number of aliphatic hydroxyl groups is 1. The molecule has 1 aliphatic carbocycles. The molecule has 16 heavy (non-hydrogen) atoms. The molecule has 4 heteroatoms. The second-order valence-corrected chi connectivity index (χ2v) is 5.51. The van der Waals surface area contributed by atoms with Crippen LogP contribution in [0, 0.1) is 0 Å². The van der Waals surface area contributed by atoms with Gasteiger partial charge >= 0.3 is 6.09 Å². The number of amides is 1. The monoisotopic (exact) mass is 229 g/mol. The average molecular weight is 229 g/mol. The number of carbonyl (C=O) groups is 1. The second kappa shape index (κ2) is 5.04. The molecule has 1 saturated carbocycles. The highest BCUT2D eigenvalue weighted by atomic mass is 16.6. The Hall–Kier alpha value is -0.770. The minimum atomic E-state index is -0.481. The normalized spacial score (nSPS) is 26.3. The molecule has 0 bridgehead atoms. The molecule has 0 aliphatic heterocycles. The Bertz CT molecular complexity index is 247. The Kier molecular flexibility index (Phi) is 4.19. The molecule has 1 amide bonds. The van der Waals surface area contributed by atoms with Crippen molar-refractivity contribution in [3.05, 3.63) is 0 Å². The summed E-state index contributed by atoms with van der Waals surface area (Å²) in [5, 5.41) is 9.84. The molecule has 0 heterocycles. The molecule has 0 radical (unpaired) electrons. The molecule has 0 aromatic heterocycles. The van der Waals surface area contributed by atoms with E-state index >= 15 is 0 Å². The van der Waals surface area contributed by atoms with Crippen LogP contribution >= 0.6 is 0 Å². The van der Waals surface area contributed by atoms with Gasteiger partial charge in [-0.05, 0) is 33.6 Å². The SMILES string of the molecule is CN(C(=O)OC(C)(C)C)[C@H]1CCCC[C@H]1O. The van der Waals surface area contributed by atoms with Gasteiger partial charge in [-0.15, -0.1) is 0 Å². The van der Waals surface area contributed by atoms with Crippen LogP contribution in [-0.4, -0.2) is 40.9 Å². The first-order valence-electron chi connectivity index (χ1n) is 5.95. The quantitative estimate of drug-likeness (QED) is 0.749. The topological polar surface area (TPSA) is 49.8 Å². The molecule has 1 rings (SSSR count). The largest absolute Gasteiger partial charge is 0.444 e. The number of hydrogen-bond acceptors (Lipinski definition) is 3. The zero-order valence-corrected chi connectivity index (χ0v) is 10.7. The van der Waals surface area contributed by atoms with Crippen molar-refractivity contribution in [1.82, 2.24) is 4.90 Å². The van der Waals surface area contributed by atoms with Crippen LogP contribution in [0.5, 0.6) is 0 Å². The van der Waals surface area contributed by atoms with Crippen molar-refractivity contribution in [2.24, 2.45) is 0 Å². The first-order chi connectivity index (χ1) is 7.31. The highest BCUT2D eigenvalue weighted by Crippen LogP contribution is 2.23. The van der Waals surface area contributed by atoms with Gasteiger partial charge in [-0.2, -0.15) is 0 Å². The van der Waals surface area contributed by atoms with Gasteiger partial charge in [0, 0.05) is 7.05 Å². The van der Waals surface area contributed by atoms with Crippen LogP contribution in [0.25, 0.3) is 0 Å². The van der Waals surface area contributed by atoms with Crippen LogP contribution in [0.2, 0.25) is 0 Å². The van der Waals surface area contributed by atoms with Crippen LogP contribution < -0.4 is 0 Å². The van der Waals surface area contributed by atoms with E-state index in [1.165, 1.54) is 4.90 Å². The summed E-state index contributed by atoms with van der Waals surface area (Å²) >= 11 is 0. The van der Waals surface area contributed by atoms with E-state index in [0.29, 0.717) is 0 Å². The van der Waals surface area contributed by atoms with Gasteiger partial charge in [0.15, 0.2) is 0 Å². The van der Waals surface area contributed by atoms with Crippen LogP contribution in [0.4, 0.5) is 4.79 Å². The van der Waals surface area contributed by atoms with Gasteiger partial charge in [0.05, 0.1) is 12.1 Å². The molecular formula is C12H23NO3. The standard InChI is InChI=1S/C12H23NO3/c1-12(2,3)16-11(15)13(4)9-7-5-6-8-10(9)14/h9-10,14H,5-8H2,1-4H3/t9-,10+/m0/s1. The fraction of sp³-hybridized carbons (Fsp3) is 0.917. The van der Waals surface area contributed by atoms with E-state index in [1.54, 1.807) is 7.05 Å². The van der Waals surface area contributed by atoms with Crippen molar-refractivity contribution in [3.63, 3.8) is 0 Å². The van der Waals surface area contributed by atoms with Gasteiger partial charge in [0.1, 0.15) is 5.60 Å². The summed E-state index contributed by atoms with van der Waals surface area (Å²) in [5.74, 6) is 0. The number of carbonyl (C=O) groups excluding carboxylic acids is 1. The van der Waals surface area contributed by atoms with Crippen LogP contribution in [-0.2, 0) is 4.74 Å². The van der Waals surface area contributed by atoms with Crippen molar-refractivity contribution >= 4 is 6.09 Å². The molecule has 0 aromatic rings. The summed E-state index contributed by atoms with van der Waals surface area (Å²) < 4.78 is 5.28. The van der Waals surface area contributed by atoms with E-state index in [-0.39, 0.29) is 12.1 Å². The van der Waals surface area contributed by atoms with Crippen molar-refractivity contribution in [2.45, 2.75) is 64.2 Å². The van der Waals surface area contributed by atoms with Crippen LogP contribution in [0.1, 0.15) is 46.5 Å². The molecule has 0 saturated heterocycles. The third-order valence-electron chi connectivity index (χ3n) is 2.87. The molecule has 1 aliphatic rings. The number of rotatable bonds is 1. The Morgan fingerprint density at radius 1 is 1.31 bits per heavy atom. The lowest BCUT2D eigenvalue weighted by molar-refractivity contribution is -0.00835. The molecule has 1 fully saturated rings. The van der Waals surface area contributed by atoms with E-state index in [9.17, 15) is 9.90 Å². The lowest BCUT2D eigenvalue weighted by Crippen LogP contribution is -2.47. The Balaban J connectivity index is 2.55. The summed E-state index contributed by atoms with van der Waals surface area (Å²) in [7, 11) is 1.70. The molecule has 4 nitrogen and oxygen atoms in total. The number of ether oxygens (including phenoxy) is 1. The van der Waals surface area contributed by atoms with E-state index in [0.717, 1.165) is 25.7 Å². The summed E-state index contributed by atoms with van der Waals surface area (Å²) in [6, 6.07) is -0.0939. The highest BCUT2D eigenvalue weighted by Gasteiger charge is 2.31. The van der Waals surface area contributed by atoms with Gasteiger partial charge in [0.2, 0.25) is 0 Å². The van der Waals surface area contributed by atoms with Crippen molar-refractivity contribution in [3.8, 4) is 0 Å². The highest BCUT2D eigenvalue weighted by molar-refractivity contribution is 5.68. The zero-order chi connectivity index (χ0) is 12.3. The van der Waals surface area contributed by atoms with Gasteiger partial charge in [-0.1, -0.05) is 12.8 Å². The lowest BCUT2D eigenvalue weighted by atomic mass is 9.92. The smallest absolute Gasteiger partial charge is 0.410 e. The van der Waals surface area contributed by atoms with E-state index in [4.69, 9.17) is 4.74 Å². The minimum absolute atomic E-state index is 0.0939. The van der Waals surface area contributed by atoms with Crippen LogP contribution in [0.3, 0.4) is 0 Å². The molecule has 0 unspecified atom stereocenters. The zero-order valence-electron chi connectivity index (χ0n) is 10.7. The average Bonchev–Trinajstić information content (AvgIpc) is 2.15. The first-order valence-corrected chi connectivity index (χ1v) is 5.95. The Labute approximate surface area is 97.6 Å². The minimum Gasteiger partial charge on any atom is -0.444 e. The van der Waals surface area contributed by atoms with Crippen molar-refractivity contribution in [1.29, 1.82) is 0 Å². The van der Waals surface area contributed by atoms with Gasteiger partial charge in [0.25, 0.3) is 0 Å². The molecule has 2 atom stereocenters. The first kappa shape index (κ1) is 13.3. The molecule has 0 spiro atoms. The third kappa shape index (κ3) is 3.67. The summed E-state index contributed by atoms with van der Waals surface area (Å²) in [6.07, 6.45) is 2.98. The fourth-order valence-electron chi connectivity index (χ4n) is 2.01. The second-order valence-electron chi connectivity index (χ2n) is 5.51. The third-order valence-corrected chi connectivity index (χ3v) is 2.87. The molecular weight excluding hydrogens is 206 g/mol. The summed E-state index contributed by atoms with van der Waals surface area (Å²) in [5.41, 5.74) is -0.481. The predicted molar refractivity (Wildman–Crippen MR) is 62.3 cm³/mol. The molecule has 1 N–H and O–H groups in total. The Morgan fingerprint density at radius 2 is 1.88 bits per heavy atom. The summed E-state index contributed by atoms with van der Waals surface area (Å²) in [6.45, 7) is 5.53. The number of likely N-dealkylation sites (N-methyl/N-ethyl adjacent to an activating group) is 1.